The minimum absolute atomic E-state index is 0.0254. The van der Waals surface area contributed by atoms with E-state index in [4.69, 9.17) is 14.5 Å². The van der Waals surface area contributed by atoms with E-state index in [1.54, 1.807) is 11.0 Å². The van der Waals surface area contributed by atoms with Gasteiger partial charge in [-0.2, -0.15) is 0 Å². The van der Waals surface area contributed by atoms with Gasteiger partial charge in [-0.25, -0.2) is 4.98 Å². The van der Waals surface area contributed by atoms with Crippen LogP contribution in [0.4, 0.5) is 0 Å². The number of rotatable bonds is 8. The molecule has 1 atom stereocenters. The number of aryl methyl sites for hydroxylation is 1. The average Bonchev–Trinajstić information content (AvgIpc) is 3.86. The summed E-state index contributed by atoms with van der Waals surface area (Å²) >= 11 is 0. The number of nitrogens with zero attached hydrogens (tertiary/aromatic N) is 4. The minimum Gasteiger partial charge on any atom is -0.454 e. The zero-order valence-corrected chi connectivity index (χ0v) is 26.1. The molecule has 0 aliphatic carbocycles. The Labute approximate surface area is 264 Å². The van der Waals surface area contributed by atoms with Gasteiger partial charge in [0.1, 0.15) is 5.69 Å². The first kappa shape index (κ1) is 29.3. The van der Waals surface area contributed by atoms with Gasteiger partial charge in [-0.1, -0.05) is 42.0 Å². The highest BCUT2D eigenvalue weighted by atomic mass is 16.7. The molecule has 0 saturated carbocycles. The largest absolute Gasteiger partial charge is 0.454 e. The van der Waals surface area contributed by atoms with E-state index in [9.17, 15) is 9.59 Å². The number of pyridine rings is 1. The molecule has 0 N–H and O–H groups in total. The second-order valence-electron chi connectivity index (χ2n) is 12.5. The van der Waals surface area contributed by atoms with Gasteiger partial charge in [0.2, 0.25) is 6.79 Å². The molecule has 1 aromatic heterocycles. The summed E-state index contributed by atoms with van der Waals surface area (Å²) in [5, 5.41) is 0.750. The summed E-state index contributed by atoms with van der Waals surface area (Å²) in [6.45, 7) is 9.08. The Hall–Kier alpha value is -4.43. The van der Waals surface area contributed by atoms with Crippen molar-refractivity contribution in [2.45, 2.75) is 52.1 Å². The van der Waals surface area contributed by atoms with Crippen molar-refractivity contribution >= 4 is 22.7 Å². The minimum atomic E-state index is -0.177. The number of hydrogen-bond acceptors (Lipinski definition) is 6. The van der Waals surface area contributed by atoms with Gasteiger partial charge < -0.3 is 24.2 Å². The van der Waals surface area contributed by atoms with Crippen LogP contribution in [0.1, 0.15) is 64.6 Å². The zero-order valence-electron chi connectivity index (χ0n) is 26.1. The van der Waals surface area contributed by atoms with Crippen molar-refractivity contribution in [1.82, 2.24) is 19.7 Å². The van der Waals surface area contributed by atoms with Crippen molar-refractivity contribution in [3.05, 3.63) is 89.1 Å². The Kier molecular flexibility index (Phi) is 8.15. The molecule has 2 fully saturated rings. The monoisotopic (exact) mass is 604 g/mol. The van der Waals surface area contributed by atoms with Crippen molar-refractivity contribution in [2.24, 2.45) is 0 Å². The standard InChI is InChI=1S/C37H40N4O4/c1-3-40(22-26-10-8-25(2)9-11-26)37(43)33-21-31(36(42)41-18-6-7-29(41)23-39-16-4-5-17-39)30-19-27(12-14-32(30)38-33)28-13-15-34-35(20-28)45-24-44-34/h8-15,19-21,29H,3-7,16-18,22-24H2,1-2H3/t29-/m0/s1. The number of amides is 2. The van der Waals surface area contributed by atoms with Crippen LogP contribution >= 0.6 is 0 Å². The Bertz CT molecular complexity index is 1730. The molecule has 3 aliphatic rings. The fourth-order valence-electron chi connectivity index (χ4n) is 6.88. The maximum absolute atomic E-state index is 14.5. The van der Waals surface area contributed by atoms with E-state index in [1.165, 1.54) is 18.4 Å². The number of hydrogen-bond donors (Lipinski definition) is 0. The molecule has 232 valence electrons. The number of ether oxygens (including phenoxy) is 2. The van der Waals surface area contributed by atoms with Crippen molar-refractivity contribution < 1.29 is 19.1 Å². The Morgan fingerprint density at radius 2 is 1.64 bits per heavy atom. The molecule has 2 amide bonds. The predicted molar refractivity (Wildman–Crippen MR) is 175 cm³/mol. The molecule has 0 bridgehead atoms. The summed E-state index contributed by atoms with van der Waals surface area (Å²) in [5.41, 5.74) is 5.61. The van der Waals surface area contributed by atoms with Gasteiger partial charge in [-0.3, -0.25) is 9.59 Å². The quantitative estimate of drug-likeness (QED) is 0.235. The van der Waals surface area contributed by atoms with Gasteiger partial charge in [0.05, 0.1) is 11.1 Å². The fraction of sp³-hybridized carbons (Fsp3) is 0.378. The molecule has 0 radical (unpaired) electrons. The predicted octanol–water partition coefficient (Wildman–Crippen LogP) is 6.30. The number of benzene rings is 3. The van der Waals surface area contributed by atoms with Gasteiger partial charge in [-0.05, 0) is 99.6 Å². The lowest BCUT2D eigenvalue weighted by atomic mass is 9.99. The molecule has 7 rings (SSSR count). The van der Waals surface area contributed by atoms with Crippen LogP contribution in [0.3, 0.4) is 0 Å². The number of carbonyl (C=O) groups is 2. The second kappa shape index (κ2) is 12.5. The lowest BCUT2D eigenvalue weighted by molar-refractivity contribution is 0.0710. The third-order valence-corrected chi connectivity index (χ3v) is 9.43. The molecule has 3 aromatic carbocycles. The normalized spacial score (nSPS) is 17.7. The van der Waals surface area contributed by atoms with Gasteiger partial charge in [0.15, 0.2) is 11.5 Å². The van der Waals surface area contributed by atoms with Crippen LogP contribution in [-0.2, 0) is 6.54 Å². The average molecular weight is 605 g/mol. The van der Waals surface area contributed by atoms with Gasteiger partial charge in [-0.15, -0.1) is 0 Å². The molecule has 8 heteroatoms. The summed E-state index contributed by atoms with van der Waals surface area (Å²) in [5.74, 6) is 1.23. The van der Waals surface area contributed by atoms with Crippen molar-refractivity contribution in [2.75, 3.05) is 39.5 Å². The van der Waals surface area contributed by atoms with E-state index in [1.807, 2.05) is 48.2 Å². The Morgan fingerprint density at radius 1 is 0.889 bits per heavy atom. The molecule has 3 aliphatic heterocycles. The molecule has 4 heterocycles. The SMILES string of the molecule is CCN(Cc1ccc(C)cc1)C(=O)c1cc(C(=O)N2CCC[C@H]2CN2CCCC2)c2cc(-c3ccc4c(c3)OCO4)ccc2n1. The third kappa shape index (κ3) is 5.99. The topological polar surface area (TPSA) is 75.2 Å². The number of carbonyl (C=O) groups excluding carboxylic acids is 2. The van der Waals surface area contributed by atoms with Crippen LogP contribution in [0.5, 0.6) is 11.5 Å². The van der Waals surface area contributed by atoms with Gasteiger partial charge in [0.25, 0.3) is 11.8 Å². The fourth-order valence-corrected chi connectivity index (χ4v) is 6.88. The lowest BCUT2D eigenvalue weighted by Gasteiger charge is -2.29. The Morgan fingerprint density at radius 3 is 2.44 bits per heavy atom. The van der Waals surface area contributed by atoms with Crippen molar-refractivity contribution in [3.8, 4) is 22.6 Å². The summed E-state index contributed by atoms with van der Waals surface area (Å²) in [7, 11) is 0. The molecule has 45 heavy (non-hydrogen) atoms. The Balaban J connectivity index is 1.27. The number of aromatic nitrogens is 1. The first-order valence-corrected chi connectivity index (χ1v) is 16.2. The summed E-state index contributed by atoms with van der Waals surface area (Å²) in [6, 6.07) is 21.9. The van der Waals surface area contributed by atoms with Gasteiger partial charge in [0, 0.05) is 37.6 Å². The van der Waals surface area contributed by atoms with E-state index in [0.29, 0.717) is 35.6 Å². The molecule has 0 spiro atoms. The van der Waals surface area contributed by atoms with Crippen molar-refractivity contribution in [3.63, 3.8) is 0 Å². The van der Waals surface area contributed by atoms with E-state index in [-0.39, 0.29) is 24.6 Å². The van der Waals surface area contributed by atoms with Crippen molar-refractivity contribution in [1.29, 1.82) is 0 Å². The molecule has 2 saturated heterocycles. The van der Waals surface area contributed by atoms with Crippen LogP contribution in [0.15, 0.2) is 66.7 Å². The smallest absolute Gasteiger partial charge is 0.272 e. The number of likely N-dealkylation sites (tertiary alicyclic amines) is 2. The highest BCUT2D eigenvalue weighted by molar-refractivity contribution is 6.09. The molecular weight excluding hydrogens is 564 g/mol. The van der Waals surface area contributed by atoms with Crippen LogP contribution in [0.2, 0.25) is 0 Å². The molecule has 0 unspecified atom stereocenters. The van der Waals surface area contributed by atoms with Crippen LogP contribution < -0.4 is 9.47 Å². The van der Waals surface area contributed by atoms with E-state index in [2.05, 4.69) is 36.1 Å². The van der Waals surface area contributed by atoms with Crippen LogP contribution in [-0.4, -0.2) is 77.1 Å². The zero-order chi connectivity index (χ0) is 30.9. The molecule has 8 nitrogen and oxygen atoms in total. The summed E-state index contributed by atoms with van der Waals surface area (Å²) in [4.78, 5) is 39.7. The maximum Gasteiger partial charge on any atom is 0.272 e. The third-order valence-electron chi connectivity index (χ3n) is 9.43. The first-order chi connectivity index (χ1) is 22.0. The number of fused-ring (bicyclic) bond motifs is 2. The second-order valence-corrected chi connectivity index (χ2v) is 12.5. The van der Waals surface area contributed by atoms with Gasteiger partial charge >= 0.3 is 0 Å². The molecular formula is C37H40N4O4. The molecule has 4 aromatic rings. The van der Waals surface area contributed by atoms with Crippen LogP contribution in [0, 0.1) is 6.92 Å². The highest BCUT2D eigenvalue weighted by Gasteiger charge is 2.33. The lowest BCUT2D eigenvalue weighted by Crippen LogP contribution is -2.42. The first-order valence-electron chi connectivity index (χ1n) is 16.2. The maximum atomic E-state index is 14.5. The van der Waals surface area contributed by atoms with Crippen LogP contribution in [0.25, 0.3) is 22.0 Å². The summed E-state index contributed by atoms with van der Waals surface area (Å²) < 4.78 is 11.1. The van der Waals surface area contributed by atoms with E-state index >= 15 is 0 Å². The highest BCUT2D eigenvalue weighted by Crippen LogP contribution is 2.37. The van der Waals surface area contributed by atoms with E-state index < -0.39 is 0 Å². The summed E-state index contributed by atoms with van der Waals surface area (Å²) in [6.07, 6.45) is 4.43. The van der Waals surface area contributed by atoms with E-state index in [0.717, 1.165) is 66.8 Å².